The summed E-state index contributed by atoms with van der Waals surface area (Å²) < 4.78 is 20.1. The predicted octanol–water partition coefficient (Wildman–Crippen LogP) is 3.17. The number of aliphatic carboxylic acids is 1. The number of rotatable bonds is 11. The highest BCUT2D eigenvalue weighted by molar-refractivity contribution is 7.11. The lowest BCUT2D eigenvalue weighted by atomic mass is 9.95. The van der Waals surface area contributed by atoms with Crippen molar-refractivity contribution in [2.75, 3.05) is 46.4 Å². The molecule has 1 saturated heterocycles. The van der Waals surface area contributed by atoms with Gasteiger partial charge in [-0.25, -0.2) is 14.2 Å². The molecule has 1 saturated carbocycles. The summed E-state index contributed by atoms with van der Waals surface area (Å²) in [5.74, 6) is -1.99. The molecule has 236 valence electrons. The van der Waals surface area contributed by atoms with Crippen molar-refractivity contribution < 1.29 is 28.6 Å². The first-order valence-electron chi connectivity index (χ1n) is 14.6. The highest BCUT2D eigenvalue weighted by atomic mass is 35.5. The molecule has 4 atom stereocenters. The van der Waals surface area contributed by atoms with Crippen molar-refractivity contribution in [1.29, 1.82) is 0 Å². The maximum atomic E-state index is 14.6. The van der Waals surface area contributed by atoms with E-state index in [-0.39, 0.29) is 29.3 Å². The van der Waals surface area contributed by atoms with Crippen LogP contribution in [0.5, 0.6) is 0 Å². The largest absolute Gasteiger partial charge is 0.481 e. The zero-order chi connectivity index (χ0) is 31.4. The van der Waals surface area contributed by atoms with Crippen LogP contribution in [0.15, 0.2) is 46.0 Å². The normalized spacial score (nSPS) is 24.5. The molecule has 0 radical (unpaired) electrons. The quantitative estimate of drug-likeness (QED) is 0.280. The summed E-state index contributed by atoms with van der Waals surface area (Å²) in [6, 6.07) is 3.39. The van der Waals surface area contributed by atoms with Crippen LogP contribution in [-0.4, -0.2) is 107 Å². The Labute approximate surface area is 264 Å². The molecule has 5 rings (SSSR count). The monoisotopic (exact) mass is 646 g/mol. The Kier molecular flexibility index (Phi) is 10.3. The first-order valence-corrected chi connectivity index (χ1v) is 15.9. The van der Waals surface area contributed by atoms with Gasteiger partial charge in [0.05, 0.1) is 23.1 Å². The van der Waals surface area contributed by atoms with Crippen LogP contribution in [0.1, 0.15) is 42.8 Å². The number of esters is 1. The lowest BCUT2D eigenvalue weighted by Crippen LogP contribution is -2.57. The van der Waals surface area contributed by atoms with E-state index in [1.807, 2.05) is 12.4 Å². The minimum absolute atomic E-state index is 0.0198. The molecule has 11 nitrogen and oxygen atoms in total. The number of carbonyl (C=O) groups is 3. The molecule has 2 aliphatic heterocycles. The van der Waals surface area contributed by atoms with Crippen molar-refractivity contribution in [2.24, 2.45) is 10.9 Å². The van der Waals surface area contributed by atoms with Gasteiger partial charge in [-0.15, -0.1) is 11.3 Å². The molecule has 1 amide bonds. The van der Waals surface area contributed by atoms with E-state index in [1.54, 1.807) is 24.1 Å². The fourth-order valence-electron chi connectivity index (χ4n) is 6.15. The number of benzene rings is 1. The highest BCUT2D eigenvalue weighted by Crippen LogP contribution is 2.37. The third kappa shape index (κ3) is 6.96. The molecule has 44 heavy (non-hydrogen) atoms. The number of aromatic nitrogens is 1. The fourth-order valence-corrected chi connectivity index (χ4v) is 6.97. The molecule has 3 aliphatic rings. The minimum atomic E-state index is -0.925. The molecule has 2 N–H and O–H groups in total. The summed E-state index contributed by atoms with van der Waals surface area (Å²) in [6.07, 6.45) is 4.17. The zero-order valence-corrected chi connectivity index (χ0v) is 26.2. The van der Waals surface area contributed by atoms with Crippen molar-refractivity contribution in [1.82, 2.24) is 25.0 Å². The van der Waals surface area contributed by atoms with Crippen LogP contribution >= 0.6 is 22.9 Å². The third-order valence-electron chi connectivity index (χ3n) is 8.56. The number of amidine groups is 1. The van der Waals surface area contributed by atoms with Gasteiger partial charge in [0.2, 0.25) is 6.41 Å². The van der Waals surface area contributed by atoms with E-state index < -0.39 is 29.7 Å². The van der Waals surface area contributed by atoms with Crippen LogP contribution in [0.2, 0.25) is 5.02 Å². The number of aliphatic imine (C=N–C) groups is 1. The van der Waals surface area contributed by atoms with Gasteiger partial charge in [0.15, 0.2) is 10.8 Å². The standard InChI is InChI=1S/C30H36ClFN6O5S/c1-3-43-30(42)24-23(34-27(28-33-9-12-44-28)35-26(24)21-5-4-6-22(32)25(21)31)16-37-11-10-36(2)20(14-37)15-38(17-39)19-8-7-18(13-19)29(40)41/h4-6,9,12,17-20,26H,3,7-8,10-11,13-16H2,1-2H3,(H,34,35)(H,40,41)/t18?,19?,20-,26-/m0/s1. The van der Waals surface area contributed by atoms with Gasteiger partial charge in [0, 0.05) is 67.6 Å². The van der Waals surface area contributed by atoms with E-state index in [0.29, 0.717) is 74.1 Å². The summed E-state index contributed by atoms with van der Waals surface area (Å²) >= 11 is 7.81. The average molecular weight is 647 g/mol. The molecule has 3 heterocycles. The van der Waals surface area contributed by atoms with Crippen molar-refractivity contribution in [3.63, 3.8) is 0 Å². The number of likely N-dealkylation sites (N-methyl/N-ethyl adjacent to an activating group) is 1. The molecule has 1 aromatic carbocycles. The van der Waals surface area contributed by atoms with Crippen LogP contribution in [0, 0.1) is 11.7 Å². The van der Waals surface area contributed by atoms with E-state index in [0.717, 1.165) is 6.41 Å². The lowest BCUT2D eigenvalue weighted by molar-refractivity contribution is -0.142. The van der Waals surface area contributed by atoms with Gasteiger partial charge in [-0.3, -0.25) is 24.4 Å². The van der Waals surface area contributed by atoms with E-state index >= 15 is 0 Å². The summed E-state index contributed by atoms with van der Waals surface area (Å²) in [7, 11) is 2.01. The summed E-state index contributed by atoms with van der Waals surface area (Å²) in [5, 5.41) is 15.1. The first kappa shape index (κ1) is 32.0. The average Bonchev–Trinajstić information content (AvgIpc) is 3.72. The van der Waals surface area contributed by atoms with Crippen molar-refractivity contribution in [3.05, 3.63) is 62.5 Å². The van der Waals surface area contributed by atoms with E-state index in [1.165, 1.54) is 23.5 Å². The summed E-state index contributed by atoms with van der Waals surface area (Å²) in [6.45, 7) is 4.64. The molecular formula is C30H36ClFN6O5S. The van der Waals surface area contributed by atoms with Gasteiger partial charge in [0.25, 0.3) is 0 Å². The molecule has 2 aromatic rings. The Morgan fingerprint density at radius 1 is 1.32 bits per heavy atom. The summed E-state index contributed by atoms with van der Waals surface area (Å²) in [4.78, 5) is 52.4. The molecule has 14 heteroatoms. The smallest absolute Gasteiger partial charge is 0.338 e. The van der Waals surface area contributed by atoms with Crippen LogP contribution in [0.3, 0.4) is 0 Å². The first-order chi connectivity index (χ1) is 21.2. The maximum Gasteiger partial charge on any atom is 0.338 e. The number of ether oxygens (including phenoxy) is 1. The fraction of sp³-hybridized carbons (Fsp3) is 0.500. The number of piperazine rings is 1. The molecule has 1 aliphatic carbocycles. The number of amides is 1. The van der Waals surface area contributed by atoms with Crippen LogP contribution in [0.25, 0.3) is 0 Å². The lowest BCUT2D eigenvalue weighted by Gasteiger charge is -2.42. The highest BCUT2D eigenvalue weighted by Gasteiger charge is 2.38. The number of hydrogen-bond acceptors (Lipinski definition) is 10. The van der Waals surface area contributed by atoms with Crippen LogP contribution < -0.4 is 5.32 Å². The van der Waals surface area contributed by atoms with Crippen LogP contribution in [0.4, 0.5) is 4.39 Å². The number of nitrogens with one attached hydrogen (secondary N) is 1. The van der Waals surface area contributed by atoms with Gasteiger partial charge >= 0.3 is 11.9 Å². The minimum Gasteiger partial charge on any atom is -0.481 e. The number of halogens is 2. The molecule has 1 aromatic heterocycles. The zero-order valence-electron chi connectivity index (χ0n) is 24.6. The van der Waals surface area contributed by atoms with Gasteiger partial charge in [-0.2, -0.15) is 0 Å². The predicted molar refractivity (Wildman–Crippen MR) is 164 cm³/mol. The van der Waals surface area contributed by atoms with Crippen molar-refractivity contribution >= 4 is 47.1 Å². The Morgan fingerprint density at radius 2 is 2.14 bits per heavy atom. The SMILES string of the molecule is CCOC(=O)C1=C(CN2CCN(C)[C@H](CN(C=O)C3CCC(C(=O)O)C3)C2)NC(c2nccs2)=N[C@H]1c1cccc(F)c1Cl. The molecule has 2 fully saturated rings. The second-order valence-electron chi connectivity index (χ2n) is 11.3. The topological polar surface area (TPSA) is 128 Å². The Hall–Kier alpha value is -3.39. The van der Waals surface area contributed by atoms with Gasteiger partial charge in [0.1, 0.15) is 11.9 Å². The second kappa shape index (κ2) is 14.1. The summed E-state index contributed by atoms with van der Waals surface area (Å²) in [5.41, 5.74) is 1.15. The van der Waals surface area contributed by atoms with Crippen LogP contribution in [-0.2, 0) is 19.1 Å². The number of hydrogen-bond donors (Lipinski definition) is 2. The Balaban J connectivity index is 1.43. The second-order valence-corrected chi connectivity index (χ2v) is 12.5. The van der Waals surface area contributed by atoms with Gasteiger partial charge < -0.3 is 20.1 Å². The number of carboxylic acids is 1. The van der Waals surface area contributed by atoms with E-state index in [2.05, 4.69) is 20.1 Å². The Bertz CT molecular complexity index is 1440. The van der Waals surface area contributed by atoms with E-state index in [4.69, 9.17) is 21.3 Å². The van der Waals surface area contributed by atoms with Gasteiger partial charge in [-0.05, 0) is 39.3 Å². The number of carbonyl (C=O) groups excluding carboxylic acids is 2. The maximum absolute atomic E-state index is 14.6. The van der Waals surface area contributed by atoms with Crippen molar-refractivity contribution in [2.45, 2.75) is 44.3 Å². The molecule has 2 unspecified atom stereocenters. The number of thiazole rings is 1. The van der Waals surface area contributed by atoms with Crippen molar-refractivity contribution in [3.8, 4) is 0 Å². The molecule has 0 spiro atoms. The Morgan fingerprint density at radius 3 is 2.82 bits per heavy atom. The van der Waals surface area contributed by atoms with E-state index in [9.17, 15) is 23.9 Å². The third-order valence-corrected chi connectivity index (χ3v) is 9.73. The molecular weight excluding hydrogens is 611 g/mol. The number of carboxylic acid groups (broad SMARTS) is 1. The number of nitrogens with zero attached hydrogens (tertiary/aromatic N) is 5. The molecule has 0 bridgehead atoms. The van der Waals surface area contributed by atoms with Gasteiger partial charge in [-0.1, -0.05) is 23.7 Å².